The monoisotopic (exact) mass is 540 g/mol. The van der Waals surface area contributed by atoms with Gasteiger partial charge in [0.2, 0.25) is 0 Å². The Hall–Kier alpha value is -1.28. The van der Waals surface area contributed by atoms with Gasteiger partial charge < -0.3 is 0 Å². The summed E-state index contributed by atoms with van der Waals surface area (Å²) in [6.45, 7) is 7.33. The van der Waals surface area contributed by atoms with E-state index in [4.69, 9.17) is 28.4 Å². The van der Waals surface area contributed by atoms with Crippen LogP contribution in [0.15, 0.2) is 48.5 Å². The Morgan fingerprint density at radius 2 is 1.26 bits per heavy atom. The molecule has 2 aromatic rings. The molecule has 6 nitrogen and oxygen atoms in total. The summed E-state index contributed by atoms with van der Waals surface area (Å²) < 4.78 is 35.8. The van der Waals surface area contributed by atoms with Crippen LogP contribution in [0.3, 0.4) is 0 Å². The molecule has 0 N–H and O–H groups in total. The summed E-state index contributed by atoms with van der Waals surface area (Å²) >= 11 is -0.0448. The number of rotatable bonds is 17. The van der Waals surface area contributed by atoms with Crippen molar-refractivity contribution in [3.05, 3.63) is 65.2 Å². The zero-order valence-electron chi connectivity index (χ0n) is 21.3. The normalized spacial score (nSPS) is 15.1. The van der Waals surface area contributed by atoms with Gasteiger partial charge in [-0.1, -0.05) is 0 Å². The second-order valence-electron chi connectivity index (χ2n) is 7.71. The fourth-order valence-electron chi connectivity index (χ4n) is 3.87. The van der Waals surface area contributed by atoms with Crippen molar-refractivity contribution in [2.45, 2.75) is 56.9 Å². The minimum absolute atomic E-state index is 0.0448. The molecule has 7 heteroatoms. The maximum atomic E-state index is 6.10. The predicted octanol–water partition coefficient (Wildman–Crippen LogP) is 4.91. The molecule has 0 radical (unpaired) electrons. The molecule has 190 valence electrons. The van der Waals surface area contributed by atoms with Gasteiger partial charge in [0.25, 0.3) is 0 Å². The quantitative estimate of drug-likeness (QED) is 0.210. The van der Waals surface area contributed by atoms with Gasteiger partial charge in [-0.25, -0.2) is 0 Å². The second-order valence-corrected chi connectivity index (χ2v) is 10.1. The third kappa shape index (κ3) is 8.14. The van der Waals surface area contributed by atoms with E-state index in [1.807, 2.05) is 13.0 Å². The molecule has 0 unspecified atom stereocenters. The zero-order chi connectivity index (χ0) is 24.8. The molecule has 0 amide bonds. The minimum atomic E-state index is -0.353. The first-order valence-corrected chi connectivity index (χ1v) is 13.7. The Kier molecular flexibility index (Phi) is 14.0. The molecule has 0 saturated carbocycles. The number of hydrogen-bond acceptors (Lipinski definition) is 6. The van der Waals surface area contributed by atoms with Crippen LogP contribution in [0.4, 0.5) is 0 Å². The van der Waals surface area contributed by atoms with E-state index in [1.54, 1.807) is 21.3 Å². The van der Waals surface area contributed by atoms with E-state index in [-0.39, 0.29) is 51.9 Å². The van der Waals surface area contributed by atoms with Gasteiger partial charge in [0.1, 0.15) is 0 Å². The van der Waals surface area contributed by atoms with Crippen LogP contribution in [-0.2, 0) is 28.4 Å². The summed E-state index contributed by atoms with van der Waals surface area (Å²) in [5.41, 5.74) is 3.54. The first-order valence-electron chi connectivity index (χ1n) is 11.8. The maximum absolute atomic E-state index is 6.10. The van der Waals surface area contributed by atoms with E-state index in [0.717, 1.165) is 12.8 Å². The van der Waals surface area contributed by atoms with Crippen molar-refractivity contribution in [3.63, 3.8) is 0 Å². The first kappa shape index (κ1) is 29.0. The van der Waals surface area contributed by atoms with Crippen molar-refractivity contribution in [2.24, 2.45) is 0 Å². The Balaban J connectivity index is 2.62. The molecule has 0 aliphatic rings. The Morgan fingerprint density at radius 3 is 1.71 bits per heavy atom. The zero-order valence-corrected chi connectivity index (χ0v) is 23.0. The third-order valence-electron chi connectivity index (χ3n) is 5.47. The summed E-state index contributed by atoms with van der Waals surface area (Å²) in [6.07, 6.45) is 1.15. The average Bonchev–Trinajstić information content (AvgIpc) is 2.88. The molecule has 0 fully saturated rings. The molecule has 34 heavy (non-hydrogen) atoms. The summed E-state index contributed by atoms with van der Waals surface area (Å²) in [4.78, 5) is 0.0541. The van der Waals surface area contributed by atoms with Crippen molar-refractivity contribution in [2.75, 3.05) is 41.5 Å². The average molecular weight is 540 g/mol. The van der Waals surface area contributed by atoms with Crippen LogP contribution in [0.25, 0.3) is 0 Å². The molecule has 0 heterocycles. The molecule has 4 atom stereocenters. The second kappa shape index (κ2) is 16.4. The molecule has 0 spiro atoms. The van der Waals surface area contributed by atoms with Crippen LogP contribution in [0.5, 0.6) is 0 Å². The Labute approximate surface area is 211 Å². The van der Waals surface area contributed by atoms with E-state index in [9.17, 15) is 0 Å². The Morgan fingerprint density at radius 1 is 0.706 bits per heavy atom. The molecule has 0 saturated heterocycles. The van der Waals surface area contributed by atoms with Crippen molar-refractivity contribution >= 4 is 19.4 Å². The standard InChI is InChI=1S/C27H40O6Se/c1-7-23(32-18-28-4)21-16-13-17-22(24(8-2)33-19-29-5)26(21)34-25(27(30-6)31-9-3)20-14-11-10-12-15-20/h10-17,23-25,27H,7-9,18-19H2,1-6H3/t23-,24-,25+,27-/m0/s1. The fourth-order valence-corrected chi connectivity index (χ4v) is 7.05. The number of benzene rings is 2. The molecule has 0 bridgehead atoms. The van der Waals surface area contributed by atoms with Gasteiger partial charge in [-0.15, -0.1) is 0 Å². The van der Waals surface area contributed by atoms with Crippen LogP contribution < -0.4 is 4.46 Å². The van der Waals surface area contributed by atoms with E-state index in [2.05, 4.69) is 56.3 Å². The van der Waals surface area contributed by atoms with Gasteiger partial charge in [0.15, 0.2) is 0 Å². The predicted molar refractivity (Wildman–Crippen MR) is 135 cm³/mol. The first-order chi connectivity index (χ1) is 16.6. The summed E-state index contributed by atoms with van der Waals surface area (Å²) in [7, 11) is 5.01. The molecule has 0 aliphatic heterocycles. The van der Waals surface area contributed by atoms with Crippen molar-refractivity contribution < 1.29 is 28.4 Å². The van der Waals surface area contributed by atoms with Crippen LogP contribution in [0.1, 0.15) is 67.3 Å². The van der Waals surface area contributed by atoms with E-state index in [1.165, 1.54) is 21.2 Å². The summed E-state index contributed by atoms with van der Waals surface area (Å²) in [6, 6.07) is 16.9. The summed E-state index contributed by atoms with van der Waals surface area (Å²) in [5.74, 6) is 0. The fraction of sp³-hybridized carbons (Fsp3) is 0.556. The molecule has 2 aromatic carbocycles. The molecule has 0 aromatic heterocycles. The van der Waals surface area contributed by atoms with Gasteiger partial charge in [0.05, 0.1) is 0 Å². The molecule has 2 rings (SSSR count). The number of methoxy groups -OCH3 is 3. The van der Waals surface area contributed by atoms with Gasteiger partial charge in [-0.05, 0) is 0 Å². The molecule has 0 aliphatic carbocycles. The van der Waals surface area contributed by atoms with Gasteiger partial charge in [-0.3, -0.25) is 0 Å². The molecular formula is C27H40O6Se. The van der Waals surface area contributed by atoms with Crippen molar-refractivity contribution in [1.29, 1.82) is 0 Å². The van der Waals surface area contributed by atoms with Gasteiger partial charge >= 0.3 is 212 Å². The van der Waals surface area contributed by atoms with Gasteiger partial charge in [-0.2, -0.15) is 0 Å². The van der Waals surface area contributed by atoms with Crippen molar-refractivity contribution in [1.82, 2.24) is 0 Å². The van der Waals surface area contributed by atoms with Crippen LogP contribution >= 0.6 is 0 Å². The van der Waals surface area contributed by atoms with Crippen LogP contribution in [-0.4, -0.2) is 62.8 Å². The third-order valence-corrected chi connectivity index (χ3v) is 8.52. The number of hydrogen-bond donors (Lipinski definition) is 0. The van der Waals surface area contributed by atoms with Gasteiger partial charge in [0, 0.05) is 0 Å². The van der Waals surface area contributed by atoms with Crippen LogP contribution in [0.2, 0.25) is 0 Å². The topological polar surface area (TPSA) is 55.4 Å². The van der Waals surface area contributed by atoms with E-state index in [0.29, 0.717) is 6.61 Å². The number of ether oxygens (including phenoxy) is 6. The van der Waals surface area contributed by atoms with E-state index >= 15 is 0 Å². The van der Waals surface area contributed by atoms with E-state index < -0.39 is 0 Å². The Bertz CT molecular complexity index is 769. The van der Waals surface area contributed by atoms with Crippen LogP contribution in [0, 0.1) is 0 Å². The summed E-state index contributed by atoms with van der Waals surface area (Å²) in [5, 5.41) is 0. The van der Waals surface area contributed by atoms with Crippen molar-refractivity contribution in [3.8, 4) is 0 Å². The molecular weight excluding hydrogens is 499 g/mol. The SMILES string of the molecule is CCO[C@H](OC)[C@H]([Se]c1c([C@H](CC)OCOC)cccc1[C@H](CC)OCOC)c1ccccc1.